The molecule has 0 atom stereocenters. The normalized spacial score (nSPS) is 10.8. The Labute approximate surface area is 129 Å². The van der Waals surface area contributed by atoms with Crippen molar-refractivity contribution < 1.29 is 4.92 Å². The van der Waals surface area contributed by atoms with Gasteiger partial charge in [-0.05, 0) is 50.2 Å². The first-order valence-corrected chi connectivity index (χ1v) is 7.15. The van der Waals surface area contributed by atoms with Crippen LogP contribution in [-0.4, -0.2) is 18.0 Å². The molecule has 0 unspecified atom stereocenters. The fourth-order valence-electron chi connectivity index (χ4n) is 2.08. The van der Waals surface area contributed by atoms with Gasteiger partial charge in [-0.3, -0.25) is 10.1 Å². The standard InChI is InChI=1S/C16H18N4O2/c1-3-19(4-2)15-9-5-13(6-10-15)17-18-14-7-11-16(12-8-14)20(21)22/h5-12H,3-4H2,1-2H3. The maximum Gasteiger partial charge on any atom is 0.269 e. The van der Waals surface area contributed by atoms with Gasteiger partial charge >= 0.3 is 0 Å². The molecule has 0 amide bonds. The lowest BCUT2D eigenvalue weighted by Crippen LogP contribution is -2.21. The highest BCUT2D eigenvalue weighted by Gasteiger charge is 2.03. The Hall–Kier alpha value is -2.76. The molecule has 0 aliphatic rings. The summed E-state index contributed by atoms with van der Waals surface area (Å²) in [4.78, 5) is 12.4. The molecule has 2 aromatic rings. The topological polar surface area (TPSA) is 71.1 Å². The van der Waals surface area contributed by atoms with Crippen LogP contribution in [0.2, 0.25) is 0 Å². The summed E-state index contributed by atoms with van der Waals surface area (Å²) in [5, 5.41) is 18.8. The molecule has 0 saturated heterocycles. The van der Waals surface area contributed by atoms with E-state index in [1.54, 1.807) is 12.1 Å². The fourth-order valence-corrected chi connectivity index (χ4v) is 2.08. The molecule has 0 spiro atoms. The van der Waals surface area contributed by atoms with Crippen LogP contribution in [0.4, 0.5) is 22.7 Å². The van der Waals surface area contributed by atoms with E-state index in [1.807, 2.05) is 24.3 Å². The van der Waals surface area contributed by atoms with Crippen LogP contribution in [0.3, 0.4) is 0 Å². The van der Waals surface area contributed by atoms with E-state index in [4.69, 9.17) is 0 Å². The predicted octanol–water partition coefficient (Wildman–Crippen LogP) is 4.86. The number of non-ortho nitro benzene ring substituents is 1. The van der Waals surface area contributed by atoms with Gasteiger partial charge in [0.2, 0.25) is 0 Å². The molecule has 0 aliphatic carbocycles. The molecule has 0 saturated carbocycles. The maximum atomic E-state index is 10.6. The molecule has 0 fully saturated rings. The minimum atomic E-state index is -0.438. The van der Waals surface area contributed by atoms with Crippen molar-refractivity contribution in [2.45, 2.75) is 13.8 Å². The van der Waals surface area contributed by atoms with Crippen LogP contribution in [0.25, 0.3) is 0 Å². The van der Waals surface area contributed by atoms with Gasteiger partial charge in [-0.2, -0.15) is 10.2 Å². The molecule has 6 nitrogen and oxygen atoms in total. The minimum absolute atomic E-state index is 0.0440. The maximum absolute atomic E-state index is 10.6. The Morgan fingerprint density at radius 1 is 0.909 bits per heavy atom. The van der Waals surface area contributed by atoms with E-state index in [0.717, 1.165) is 24.5 Å². The van der Waals surface area contributed by atoms with Gasteiger partial charge in [-0.25, -0.2) is 0 Å². The van der Waals surface area contributed by atoms with E-state index in [0.29, 0.717) is 5.69 Å². The number of rotatable bonds is 6. The Morgan fingerprint density at radius 2 is 1.36 bits per heavy atom. The quantitative estimate of drug-likeness (QED) is 0.434. The highest BCUT2D eigenvalue weighted by Crippen LogP contribution is 2.23. The second-order valence-corrected chi connectivity index (χ2v) is 4.66. The number of hydrogen-bond acceptors (Lipinski definition) is 5. The first-order chi connectivity index (χ1) is 10.6. The van der Waals surface area contributed by atoms with Crippen LogP contribution in [0.5, 0.6) is 0 Å². The van der Waals surface area contributed by atoms with Crippen LogP contribution < -0.4 is 4.90 Å². The molecule has 114 valence electrons. The second-order valence-electron chi connectivity index (χ2n) is 4.66. The van der Waals surface area contributed by atoms with Crippen molar-refractivity contribution in [2.75, 3.05) is 18.0 Å². The monoisotopic (exact) mass is 298 g/mol. The zero-order chi connectivity index (χ0) is 15.9. The van der Waals surface area contributed by atoms with Gasteiger partial charge in [0, 0.05) is 30.9 Å². The lowest BCUT2D eigenvalue weighted by Gasteiger charge is -2.20. The van der Waals surface area contributed by atoms with Crippen molar-refractivity contribution in [3.8, 4) is 0 Å². The van der Waals surface area contributed by atoms with Crippen LogP contribution in [-0.2, 0) is 0 Å². The number of nitro benzene ring substituents is 1. The third-order valence-electron chi connectivity index (χ3n) is 3.32. The summed E-state index contributed by atoms with van der Waals surface area (Å²) < 4.78 is 0. The first kappa shape index (κ1) is 15.6. The van der Waals surface area contributed by atoms with E-state index >= 15 is 0 Å². The number of anilines is 1. The summed E-state index contributed by atoms with van der Waals surface area (Å²) in [6.07, 6.45) is 0. The molecule has 6 heteroatoms. The summed E-state index contributed by atoms with van der Waals surface area (Å²) in [6.45, 7) is 6.15. The number of nitro groups is 1. The lowest BCUT2D eigenvalue weighted by atomic mass is 10.2. The summed E-state index contributed by atoms with van der Waals surface area (Å²) in [7, 11) is 0. The minimum Gasteiger partial charge on any atom is -0.372 e. The SMILES string of the molecule is CCN(CC)c1ccc(N=Nc2ccc([N+](=O)[O-])cc2)cc1. The molecule has 0 bridgehead atoms. The molecule has 0 aromatic heterocycles. The summed E-state index contributed by atoms with van der Waals surface area (Å²) in [5.41, 5.74) is 2.52. The summed E-state index contributed by atoms with van der Waals surface area (Å²) in [6, 6.07) is 13.8. The molecule has 2 aromatic carbocycles. The zero-order valence-corrected chi connectivity index (χ0v) is 12.6. The molecule has 0 N–H and O–H groups in total. The number of nitrogens with zero attached hydrogens (tertiary/aromatic N) is 4. The van der Waals surface area contributed by atoms with Gasteiger partial charge in [0.25, 0.3) is 5.69 Å². The third kappa shape index (κ3) is 3.88. The molecule has 0 radical (unpaired) electrons. The Morgan fingerprint density at radius 3 is 1.77 bits per heavy atom. The molecule has 0 aliphatic heterocycles. The molecule has 22 heavy (non-hydrogen) atoms. The van der Waals surface area contributed by atoms with Gasteiger partial charge in [-0.15, -0.1) is 0 Å². The summed E-state index contributed by atoms with van der Waals surface area (Å²) in [5.74, 6) is 0. The van der Waals surface area contributed by atoms with Crippen molar-refractivity contribution in [3.63, 3.8) is 0 Å². The van der Waals surface area contributed by atoms with Crippen molar-refractivity contribution in [1.29, 1.82) is 0 Å². The van der Waals surface area contributed by atoms with Gasteiger partial charge in [-0.1, -0.05) is 0 Å². The predicted molar refractivity (Wildman–Crippen MR) is 87.3 cm³/mol. The fraction of sp³-hybridized carbons (Fsp3) is 0.250. The largest absolute Gasteiger partial charge is 0.372 e. The smallest absolute Gasteiger partial charge is 0.269 e. The average molecular weight is 298 g/mol. The van der Waals surface area contributed by atoms with Crippen LogP contribution in [0.1, 0.15) is 13.8 Å². The van der Waals surface area contributed by atoms with E-state index in [2.05, 4.69) is 29.0 Å². The molecule has 0 heterocycles. The van der Waals surface area contributed by atoms with Gasteiger partial charge in [0.1, 0.15) is 0 Å². The zero-order valence-electron chi connectivity index (χ0n) is 12.6. The Balaban J connectivity index is 2.08. The highest BCUT2D eigenvalue weighted by atomic mass is 16.6. The van der Waals surface area contributed by atoms with Crippen molar-refractivity contribution >= 4 is 22.7 Å². The Kier molecular flexibility index (Phi) is 5.19. The number of hydrogen-bond donors (Lipinski definition) is 0. The first-order valence-electron chi connectivity index (χ1n) is 7.15. The number of benzene rings is 2. The average Bonchev–Trinajstić information content (AvgIpc) is 2.55. The highest BCUT2D eigenvalue weighted by molar-refractivity contribution is 5.53. The lowest BCUT2D eigenvalue weighted by molar-refractivity contribution is -0.384. The molecular weight excluding hydrogens is 280 g/mol. The third-order valence-corrected chi connectivity index (χ3v) is 3.32. The van der Waals surface area contributed by atoms with Crippen LogP contribution in [0.15, 0.2) is 58.8 Å². The van der Waals surface area contributed by atoms with Crippen LogP contribution >= 0.6 is 0 Å². The Bertz CT molecular complexity index is 647. The molecule has 2 rings (SSSR count). The summed E-state index contributed by atoms with van der Waals surface area (Å²) >= 11 is 0. The van der Waals surface area contributed by atoms with Crippen LogP contribution in [0, 0.1) is 10.1 Å². The molecular formula is C16H18N4O2. The van der Waals surface area contributed by atoms with Gasteiger partial charge < -0.3 is 4.90 Å². The van der Waals surface area contributed by atoms with Gasteiger partial charge in [0.15, 0.2) is 0 Å². The van der Waals surface area contributed by atoms with Crippen molar-refractivity contribution in [2.24, 2.45) is 10.2 Å². The van der Waals surface area contributed by atoms with E-state index in [-0.39, 0.29) is 5.69 Å². The van der Waals surface area contributed by atoms with Gasteiger partial charge in [0.05, 0.1) is 16.3 Å². The van der Waals surface area contributed by atoms with E-state index in [1.165, 1.54) is 12.1 Å². The second kappa shape index (κ2) is 7.31. The number of azo groups is 1. The van der Waals surface area contributed by atoms with E-state index in [9.17, 15) is 10.1 Å². The van der Waals surface area contributed by atoms with Crippen molar-refractivity contribution in [3.05, 3.63) is 58.6 Å². The van der Waals surface area contributed by atoms with Crippen molar-refractivity contribution in [1.82, 2.24) is 0 Å². The van der Waals surface area contributed by atoms with E-state index < -0.39 is 4.92 Å².